The van der Waals surface area contributed by atoms with Gasteiger partial charge >= 0.3 is 6.03 Å². The number of hydrogen-bond donors (Lipinski definition) is 1. The topological polar surface area (TPSA) is 70.5 Å². The highest BCUT2D eigenvalue weighted by molar-refractivity contribution is 5.92. The average molecular weight is 333 g/mol. The Bertz CT molecular complexity index is 618. The van der Waals surface area contributed by atoms with Crippen LogP contribution in [0.3, 0.4) is 0 Å². The third kappa shape index (κ3) is 3.39. The molecule has 7 heteroatoms. The molecular formula is C17H27N5O2. The van der Waals surface area contributed by atoms with Crippen molar-refractivity contribution >= 4 is 17.8 Å². The number of hydrogen-bond acceptors (Lipinski definition) is 3. The van der Waals surface area contributed by atoms with Crippen LogP contribution in [0, 0.1) is 6.92 Å². The van der Waals surface area contributed by atoms with Crippen LogP contribution in [-0.4, -0.2) is 57.2 Å². The normalized spacial score (nSPS) is 19.4. The molecule has 1 N–H and O–H groups in total. The number of amides is 3. The predicted molar refractivity (Wildman–Crippen MR) is 91.9 cm³/mol. The number of piperazine rings is 1. The summed E-state index contributed by atoms with van der Waals surface area (Å²) in [6.45, 7) is 7.33. The predicted octanol–water partition coefficient (Wildman–Crippen LogP) is 2.39. The van der Waals surface area contributed by atoms with Gasteiger partial charge < -0.3 is 9.80 Å². The van der Waals surface area contributed by atoms with Gasteiger partial charge in [0.25, 0.3) is 0 Å². The van der Waals surface area contributed by atoms with Crippen LogP contribution in [0.5, 0.6) is 0 Å². The number of nitrogens with one attached hydrogen (secondary N) is 1. The minimum Gasteiger partial charge on any atom is -0.336 e. The lowest BCUT2D eigenvalue weighted by atomic mass is 10.2. The third-order valence-electron chi connectivity index (χ3n) is 4.89. The molecule has 1 saturated carbocycles. The quantitative estimate of drug-likeness (QED) is 0.923. The molecule has 2 fully saturated rings. The molecule has 1 aromatic rings. The average Bonchev–Trinajstić information content (AvgIpc) is 3.16. The first-order chi connectivity index (χ1) is 11.5. The van der Waals surface area contributed by atoms with Crippen molar-refractivity contribution in [3.63, 3.8) is 0 Å². The Morgan fingerprint density at radius 3 is 2.62 bits per heavy atom. The summed E-state index contributed by atoms with van der Waals surface area (Å²) in [7, 11) is 0. The fourth-order valence-corrected chi connectivity index (χ4v) is 3.65. The van der Waals surface area contributed by atoms with Crippen molar-refractivity contribution in [1.82, 2.24) is 19.6 Å². The number of aryl methyl sites for hydroxylation is 1. The van der Waals surface area contributed by atoms with Crippen LogP contribution in [0.1, 0.15) is 51.3 Å². The van der Waals surface area contributed by atoms with E-state index >= 15 is 0 Å². The van der Waals surface area contributed by atoms with Gasteiger partial charge in [0.1, 0.15) is 12.4 Å². The highest BCUT2D eigenvalue weighted by Crippen LogP contribution is 2.25. The SMILES string of the molecule is Cc1cc(NC(=O)N2CCN(C3CCCC3)C(=O)C2)n(C(C)C)n1. The lowest BCUT2D eigenvalue weighted by Gasteiger charge is -2.37. The van der Waals surface area contributed by atoms with Gasteiger partial charge in [-0.3, -0.25) is 10.1 Å². The van der Waals surface area contributed by atoms with E-state index in [1.807, 2.05) is 31.7 Å². The number of carbonyl (C=O) groups excluding carboxylic acids is 2. The molecule has 1 aliphatic heterocycles. The first-order valence-corrected chi connectivity index (χ1v) is 8.87. The van der Waals surface area contributed by atoms with Crippen LogP contribution in [0.25, 0.3) is 0 Å². The lowest BCUT2D eigenvalue weighted by Crippen LogP contribution is -2.55. The second-order valence-electron chi connectivity index (χ2n) is 7.09. The van der Waals surface area contributed by atoms with Crippen LogP contribution >= 0.6 is 0 Å². The molecule has 0 spiro atoms. The molecule has 24 heavy (non-hydrogen) atoms. The van der Waals surface area contributed by atoms with E-state index in [0.717, 1.165) is 18.5 Å². The Hall–Kier alpha value is -2.05. The minimum atomic E-state index is -0.226. The highest BCUT2D eigenvalue weighted by Gasteiger charge is 2.33. The van der Waals surface area contributed by atoms with E-state index in [1.165, 1.54) is 12.8 Å². The molecule has 0 aromatic carbocycles. The fraction of sp³-hybridized carbons (Fsp3) is 0.706. The van der Waals surface area contributed by atoms with Gasteiger partial charge in [-0.25, -0.2) is 9.48 Å². The number of aromatic nitrogens is 2. The maximum atomic E-state index is 12.5. The van der Waals surface area contributed by atoms with Crippen molar-refractivity contribution in [2.45, 2.75) is 58.5 Å². The molecular weight excluding hydrogens is 306 g/mol. The van der Waals surface area contributed by atoms with Gasteiger partial charge in [-0.05, 0) is 33.6 Å². The van der Waals surface area contributed by atoms with E-state index in [1.54, 1.807) is 9.58 Å². The van der Waals surface area contributed by atoms with Gasteiger partial charge in [0.2, 0.25) is 5.91 Å². The van der Waals surface area contributed by atoms with Gasteiger partial charge in [0.05, 0.1) is 5.69 Å². The molecule has 3 rings (SSSR count). The van der Waals surface area contributed by atoms with Gasteiger partial charge in [-0.15, -0.1) is 0 Å². The summed E-state index contributed by atoms with van der Waals surface area (Å²) in [4.78, 5) is 28.5. The third-order valence-corrected chi connectivity index (χ3v) is 4.89. The molecule has 0 radical (unpaired) electrons. The van der Waals surface area contributed by atoms with Crippen molar-refractivity contribution < 1.29 is 9.59 Å². The van der Waals surface area contributed by atoms with E-state index in [9.17, 15) is 9.59 Å². The Morgan fingerprint density at radius 2 is 2.00 bits per heavy atom. The summed E-state index contributed by atoms with van der Waals surface area (Å²) in [5, 5.41) is 7.30. The van der Waals surface area contributed by atoms with Gasteiger partial charge in [0, 0.05) is 31.2 Å². The first-order valence-electron chi connectivity index (χ1n) is 8.87. The maximum Gasteiger partial charge on any atom is 0.323 e. The fourth-order valence-electron chi connectivity index (χ4n) is 3.65. The summed E-state index contributed by atoms with van der Waals surface area (Å²) in [6, 6.07) is 2.17. The summed E-state index contributed by atoms with van der Waals surface area (Å²) in [5.74, 6) is 0.745. The van der Waals surface area contributed by atoms with Crippen LogP contribution in [0.15, 0.2) is 6.07 Å². The number of nitrogens with zero attached hydrogens (tertiary/aromatic N) is 4. The highest BCUT2D eigenvalue weighted by atomic mass is 16.2. The summed E-state index contributed by atoms with van der Waals surface area (Å²) < 4.78 is 1.80. The van der Waals surface area contributed by atoms with Crippen LogP contribution < -0.4 is 5.32 Å². The monoisotopic (exact) mass is 333 g/mol. The molecule has 1 aromatic heterocycles. The van der Waals surface area contributed by atoms with Crippen molar-refractivity contribution in [2.75, 3.05) is 25.0 Å². The Kier molecular flexibility index (Phi) is 4.78. The molecule has 1 aliphatic carbocycles. The largest absolute Gasteiger partial charge is 0.336 e. The van der Waals surface area contributed by atoms with E-state index in [2.05, 4.69) is 10.4 Å². The molecule has 2 aliphatic rings. The van der Waals surface area contributed by atoms with Gasteiger partial charge in [-0.2, -0.15) is 5.10 Å². The molecule has 3 amide bonds. The zero-order valence-electron chi connectivity index (χ0n) is 14.8. The van der Waals surface area contributed by atoms with Crippen molar-refractivity contribution in [1.29, 1.82) is 0 Å². The zero-order valence-corrected chi connectivity index (χ0v) is 14.8. The van der Waals surface area contributed by atoms with Crippen LogP contribution in [0.2, 0.25) is 0 Å². The van der Waals surface area contributed by atoms with Gasteiger partial charge in [0.15, 0.2) is 0 Å². The number of anilines is 1. The number of urea groups is 1. The molecule has 0 atom stereocenters. The number of carbonyl (C=O) groups is 2. The van der Waals surface area contributed by atoms with Crippen LogP contribution in [0.4, 0.5) is 10.6 Å². The smallest absolute Gasteiger partial charge is 0.323 e. The van der Waals surface area contributed by atoms with E-state index < -0.39 is 0 Å². The van der Waals surface area contributed by atoms with E-state index in [-0.39, 0.29) is 24.5 Å². The van der Waals surface area contributed by atoms with E-state index in [4.69, 9.17) is 0 Å². The Morgan fingerprint density at radius 1 is 1.29 bits per heavy atom. The molecule has 7 nitrogen and oxygen atoms in total. The molecule has 0 unspecified atom stereocenters. The van der Waals surface area contributed by atoms with Gasteiger partial charge in [-0.1, -0.05) is 12.8 Å². The summed E-state index contributed by atoms with van der Waals surface area (Å²) in [5.41, 5.74) is 0.862. The molecule has 1 saturated heterocycles. The Balaban J connectivity index is 1.61. The number of rotatable bonds is 3. The standard InChI is InChI=1S/C17H27N5O2/c1-12(2)22-15(10-13(3)19-22)18-17(24)20-8-9-21(16(23)11-20)14-6-4-5-7-14/h10,12,14H,4-9,11H2,1-3H3,(H,18,24). The van der Waals surface area contributed by atoms with Crippen molar-refractivity contribution in [3.8, 4) is 0 Å². The second-order valence-corrected chi connectivity index (χ2v) is 7.09. The Labute approximate surface area is 143 Å². The maximum absolute atomic E-state index is 12.5. The van der Waals surface area contributed by atoms with Crippen molar-refractivity contribution in [2.24, 2.45) is 0 Å². The minimum absolute atomic E-state index is 0.0665. The first kappa shape index (κ1) is 16.8. The zero-order chi connectivity index (χ0) is 17.3. The van der Waals surface area contributed by atoms with Crippen LogP contribution in [-0.2, 0) is 4.79 Å². The van der Waals surface area contributed by atoms with Crippen molar-refractivity contribution in [3.05, 3.63) is 11.8 Å². The lowest BCUT2D eigenvalue weighted by molar-refractivity contribution is -0.137. The second kappa shape index (κ2) is 6.83. The molecule has 0 bridgehead atoms. The summed E-state index contributed by atoms with van der Waals surface area (Å²) >= 11 is 0. The molecule has 132 valence electrons. The molecule has 2 heterocycles. The summed E-state index contributed by atoms with van der Waals surface area (Å²) in [6.07, 6.45) is 4.62. The van der Waals surface area contributed by atoms with E-state index in [0.29, 0.717) is 24.9 Å².